The van der Waals surface area contributed by atoms with Crippen molar-refractivity contribution in [3.63, 3.8) is 0 Å². The maximum Gasteiger partial charge on any atom is 0.244 e. The lowest BCUT2D eigenvalue weighted by Crippen LogP contribution is -2.53. The molecule has 0 spiro atoms. The topological polar surface area (TPSA) is 84.7 Å². The molecule has 1 saturated heterocycles. The Labute approximate surface area is 174 Å². The normalized spacial score (nSPS) is 15.9. The predicted molar refractivity (Wildman–Crippen MR) is 113 cm³/mol. The van der Waals surface area contributed by atoms with E-state index in [4.69, 9.17) is 0 Å². The summed E-state index contributed by atoms with van der Waals surface area (Å²) in [5.41, 5.74) is 0.143. The molecule has 160 valence electrons. The van der Waals surface area contributed by atoms with Gasteiger partial charge in [0.25, 0.3) is 0 Å². The average molecular weight is 421 g/mol. The molecule has 0 bridgehead atoms. The smallest absolute Gasteiger partial charge is 0.244 e. The van der Waals surface area contributed by atoms with E-state index in [0.29, 0.717) is 31.5 Å². The quantitative estimate of drug-likeness (QED) is 0.642. The highest BCUT2D eigenvalue weighted by Crippen LogP contribution is 2.21. The van der Waals surface area contributed by atoms with Crippen molar-refractivity contribution in [3.05, 3.63) is 29.8 Å². The standard InChI is InChI=1S/C21H32N4O3S/c1-17(2)14-23(15-18(3)4)16-21(26)24-9-11-25(12-10-24)29(27,28)20-8-6-5-7-19(20)13-22/h5-8,17-18H,9-12,14-16H2,1-4H3. The van der Waals surface area contributed by atoms with Crippen molar-refractivity contribution < 1.29 is 13.2 Å². The zero-order valence-electron chi connectivity index (χ0n) is 17.8. The third-order valence-corrected chi connectivity index (χ3v) is 6.78. The van der Waals surface area contributed by atoms with Gasteiger partial charge < -0.3 is 4.90 Å². The van der Waals surface area contributed by atoms with Crippen LogP contribution in [0.5, 0.6) is 0 Å². The fraction of sp³-hybridized carbons (Fsp3) is 0.619. The van der Waals surface area contributed by atoms with Crippen LogP contribution in [0.15, 0.2) is 29.2 Å². The Morgan fingerprint density at radius 1 is 1.07 bits per heavy atom. The summed E-state index contributed by atoms with van der Waals surface area (Å²) in [6.07, 6.45) is 0. The van der Waals surface area contributed by atoms with Crippen molar-refractivity contribution in [2.24, 2.45) is 11.8 Å². The van der Waals surface area contributed by atoms with Gasteiger partial charge in [-0.2, -0.15) is 9.57 Å². The van der Waals surface area contributed by atoms with E-state index in [1.54, 1.807) is 17.0 Å². The minimum Gasteiger partial charge on any atom is -0.339 e. The van der Waals surface area contributed by atoms with Crippen LogP contribution in [0.1, 0.15) is 33.3 Å². The Morgan fingerprint density at radius 2 is 1.62 bits per heavy atom. The zero-order valence-corrected chi connectivity index (χ0v) is 18.7. The summed E-state index contributed by atoms with van der Waals surface area (Å²) < 4.78 is 27.2. The van der Waals surface area contributed by atoms with Gasteiger partial charge in [0.15, 0.2) is 0 Å². The molecule has 2 rings (SSSR count). The molecule has 0 unspecified atom stereocenters. The Kier molecular flexibility index (Phi) is 8.20. The molecule has 7 nitrogen and oxygen atoms in total. The SMILES string of the molecule is CC(C)CN(CC(=O)N1CCN(S(=O)(=O)c2ccccc2C#N)CC1)CC(C)C. The van der Waals surface area contributed by atoms with Gasteiger partial charge in [-0.25, -0.2) is 8.42 Å². The first kappa shape index (κ1) is 23.3. The summed E-state index contributed by atoms with van der Waals surface area (Å²) in [6, 6.07) is 8.17. The first-order chi connectivity index (χ1) is 13.6. The van der Waals surface area contributed by atoms with Gasteiger partial charge in [-0.3, -0.25) is 9.69 Å². The molecule has 0 N–H and O–H groups in total. The highest BCUT2D eigenvalue weighted by molar-refractivity contribution is 7.89. The molecule has 0 radical (unpaired) electrons. The van der Waals surface area contributed by atoms with Crippen molar-refractivity contribution >= 4 is 15.9 Å². The maximum absolute atomic E-state index is 12.9. The van der Waals surface area contributed by atoms with Crippen LogP contribution in [0.4, 0.5) is 0 Å². The van der Waals surface area contributed by atoms with Gasteiger partial charge >= 0.3 is 0 Å². The fourth-order valence-corrected chi connectivity index (χ4v) is 5.19. The van der Waals surface area contributed by atoms with Gasteiger partial charge in [0.1, 0.15) is 6.07 Å². The molecular formula is C21H32N4O3S. The molecule has 0 aromatic heterocycles. The fourth-order valence-electron chi connectivity index (χ4n) is 3.63. The van der Waals surface area contributed by atoms with E-state index in [1.165, 1.54) is 16.4 Å². The minimum absolute atomic E-state index is 0.0299. The second-order valence-corrected chi connectivity index (χ2v) is 10.3. The van der Waals surface area contributed by atoms with Crippen LogP contribution >= 0.6 is 0 Å². The molecule has 0 atom stereocenters. The van der Waals surface area contributed by atoms with Gasteiger partial charge in [0.2, 0.25) is 15.9 Å². The number of hydrogen-bond donors (Lipinski definition) is 0. The van der Waals surface area contributed by atoms with Crippen molar-refractivity contribution in [2.75, 3.05) is 45.8 Å². The Morgan fingerprint density at radius 3 is 2.14 bits per heavy atom. The van der Waals surface area contributed by atoms with E-state index in [0.717, 1.165) is 13.1 Å². The number of benzene rings is 1. The van der Waals surface area contributed by atoms with Crippen LogP contribution in [0.25, 0.3) is 0 Å². The zero-order chi connectivity index (χ0) is 21.6. The van der Waals surface area contributed by atoms with Crippen LogP contribution in [0.3, 0.4) is 0 Å². The number of piperazine rings is 1. The summed E-state index contributed by atoms with van der Waals surface area (Å²) in [4.78, 5) is 16.7. The summed E-state index contributed by atoms with van der Waals surface area (Å²) in [5.74, 6) is 0.994. The number of hydrogen-bond acceptors (Lipinski definition) is 5. The third kappa shape index (κ3) is 6.26. The molecule has 1 aromatic rings. The number of carbonyl (C=O) groups is 1. The van der Waals surface area contributed by atoms with Crippen molar-refractivity contribution in [3.8, 4) is 6.07 Å². The number of rotatable bonds is 8. The third-order valence-electron chi connectivity index (χ3n) is 4.82. The van der Waals surface area contributed by atoms with Crippen LogP contribution in [-0.2, 0) is 14.8 Å². The first-order valence-corrected chi connectivity index (χ1v) is 11.6. The molecule has 1 aliphatic rings. The van der Waals surface area contributed by atoms with Crippen molar-refractivity contribution in [2.45, 2.75) is 32.6 Å². The van der Waals surface area contributed by atoms with Gasteiger partial charge in [-0.1, -0.05) is 39.8 Å². The molecule has 1 amide bonds. The van der Waals surface area contributed by atoms with Crippen LogP contribution in [-0.4, -0.2) is 74.2 Å². The summed E-state index contributed by atoms with van der Waals surface area (Å²) >= 11 is 0. The maximum atomic E-state index is 12.9. The van der Waals surface area contributed by atoms with Gasteiger partial charge in [-0.05, 0) is 24.0 Å². The summed E-state index contributed by atoms with van der Waals surface area (Å²) in [5, 5.41) is 9.21. The molecule has 29 heavy (non-hydrogen) atoms. The van der Waals surface area contributed by atoms with E-state index >= 15 is 0 Å². The summed E-state index contributed by atoms with van der Waals surface area (Å²) in [7, 11) is -3.75. The second kappa shape index (κ2) is 10.2. The monoisotopic (exact) mass is 420 g/mol. The Bertz CT molecular complexity index is 828. The molecule has 1 aliphatic heterocycles. The highest BCUT2D eigenvalue weighted by Gasteiger charge is 2.32. The molecule has 0 saturated carbocycles. The van der Waals surface area contributed by atoms with Crippen molar-refractivity contribution in [1.82, 2.24) is 14.1 Å². The van der Waals surface area contributed by atoms with Gasteiger partial charge in [-0.15, -0.1) is 0 Å². The van der Waals surface area contributed by atoms with Crippen LogP contribution in [0, 0.1) is 23.2 Å². The lowest BCUT2D eigenvalue weighted by molar-refractivity contribution is -0.133. The lowest BCUT2D eigenvalue weighted by Gasteiger charge is -2.35. The van der Waals surface area contributed by atoms with E-state index < -0.39 is 10.0 Å². The molecule has 0 aliphatic carbocycles. The van der Waals surface area contributed by atoms with Crippen molar-refractivity contribution in [1.29, 1.82) is 5.26 Å². The largest absolute Gasteiger partial charge is 0.339 e. The Hall–Kier alpha value is -1.95. The molecular weight excluding hydrogens is 388 g/mol. The van der Waals surface area contributed by atoms with E-state index in [2.05, 4.69) is 32.6 Å². The van der Waals surface area contributed by atoms with Gasteiger partial charge in [0.05, 0.1) is 17.0 Å². The molecule has 1 heterocycles. The lowest BCUT2D eigenvalue weighted by atomic mass is 10.1. The van der Waals surface area contributed by atoms with E-state index in [9.17, 15) is 18.5 Å². The number of nitrogens with zero attached hydrogens (tertiary/aromatic N) is 4. The molecule has 1 fully saturated rings. The number of amides is 1. The highest BCUT2D eigenvalue weighted by atomic mass is 32.2. The first-order valence-electron chi connectivity index (χ1n) is 10.1. The molecule has 8 heteroatoms. The second-order valence-electron chi connectivity index (χ2n) is 8.37. The summed E-state index contributed by atoms with van der Waals surface area (Å²) in [6.45, 7) is 11.9. The minimum atomic E-state index is -3.75. The van der Waals surface area contributed by atoms with E-state index in [-0.39, 0.29) is 29.5 Å². The van der Waals surface area contributed by atoms with Gasteiger partial charge in [0, 0.05) is 39.3 Å². The Balaban J connectivity index is 2.00. The number of carbonyl (C=O) groups excluding carboxylic acids is 1. The van der Waals surface area contributed by atoms with E-state index in [1.807, 2.05) is 6.07 Å². The predicted octanol–water partition coefficient (Wildman–Crippen LogP) is 2.01. The average Bonchev–Trinajstić information content (AvgIpc) is 2.67. The van der Waals surface area contributed by atoms with Crippen LogP contribution in [0.2, 0.25) is 0 Å². The van der Waals surface area contributed by atoms with Crippen LogP contribution < -0.4 is 0 Å². The number of sulfonamides is 1. The molecule has 1 aromatic carbocycles. The number of nitriles is 1.